The number of nitrogens with zero attached hydrogens (tertiary/aromatic N) is 3. The highest BCUT2D eigenvalue weighted by molar-refractivity contribution is 7.90. The molecule has 2 aliphatic carbocycles. The number of halogens is 1. The fourth-order valence-electron chi connectivity index (χ4n) is 3.74. The number of ether oxygens (including phenoxy) is 1. The van der Waals surface area contributed by atoms with E-state index in [-0.39, 0.29) is 42.8 Å². The van der Waals surface area contributed by atoms with E-state index in [4.69, 9.17) is 21.2 Å². The molecule has 1 aromatic rings. The minimum Gasteiger partial charge on any atom is -0.462 e. The van der Waals surface area contributed by atoms with Gasteiger partial charge in [0.15, 0.2) is 10.3 Å². The topological polar surface area (TPSA) is 110 Å². The van der Waals surface area contributed by atoms with E-state index < -0.39 is 10.0 Å². The molecule has 1 aromatic heterocycles. The lowest BCUT2D eigenvalue weighted by Crippen LogP contribution is -2.32. The van der Waals surface area contributed by atoms with Crippen LogP contribution in [0.15, 0.2) is 18.3 Å². The molecule has 0 unspecified atom stereocenters. The molecule has 9 nitrogen and oxygen atoms in total. The molecule has 3 aliphatic rings. The third-order valence-electron chi connectivity index (χ3n) is 7.57. The van der Waals surface area contributed by atoms with E-state index in [0.29, 0.717) is 10.6 Å². The molecule has 3 fully saturated rings. The van der Waals surface area contributed by atoms with E-state index in [1.54, 1.807) is 17.6 Å². The van der Waals surface area contributed by atoms with E-state index >= 15 is 0 Å². The monoisotopic (exact) mass is 736 g/mol. The smallest absolute Gasteiger partial charge is 0.308 e. The van der Waals surface area contributed by atoms with Crippen LogP contribution in [-0.4, -0.2) is 62.2 Å². The van der Waals surface area contributed by atoms with Crippen LogP contribution in [0.5, 0.6) is 0 Å². The first-order valence-electron chi connectivity index (χ1n) is 17.2. The number of carbonyl (C=O) groups excluding carboxylic acids is 1. The van der Waals surface area contributed by atoms with Crippen molar-refractivity contribution in [2.75, 3.05) is 18.0 Å². The lowest BCUT2D eigenvalue weighted by atomic mass is 9.84. The molecule has 4 rings (SSSR count). The molecule has 1 aliphatic heterocycles. The summed E-state index contributed by atoms with van der Waals surface area (Å²) >= 11 is 7.63. The molecule has 1 N–H and O–H groups in total. The molecule has 12 heteroatoms. The summed E-state index contributed by atoms with van der Waals surface area (Å²) in [5.41, 5.74) is 0.500. The van der Waals surface area contributed by atoms with Gasteiger partial charge in [-0.2, -0.15) is 0 Å². The van der Waals surface area contributed by atoms with Crippen LogP contribution >= 0.6 is 22.9 Å². The zero-order chi connectivity index (χ0) is 36.4. The standard InChI is InChI=1S/C11H16ClN3OS.C9H16O2.C7H16.C6H13NO2S.C2H4.CH4/c1-8(2)16-13-7-9-10(12)14-11(17-9)15-5-3-4-6-15;1-7(2)9(10)11-8-5-3-4-6-8;1-6(2)7(3,4)5;1-5(2)7-10(8,9)6-3-4-6;1-2;/h7-8H,3-6H2,1-2H3;7-8H,3-6H2,1-2H3;6H,1-5H3;5-7H,3-4H2,1-2H3;1-2H2;1H4/b13-7+;;;;;. The van der Waals surface area contributed by atoms with Crippen LogP contribution in [0.2, 0.25) is 5.15 Å². The molecule has 0 aromatic carbocycles. The Hall–Kier alpha value is -1.69. The van der Waals surface area contributed by atoms with Gasteiger partial charge in [0.2, 0.25) is 10.0 Å². The van der Waals surface area contributed by atoms with Gasteiger partial charge in [0.1, 0.15) is 12.2 Å². The molecular weight excluding hydrogens is 668 g/mol. The van der Waals surface area contributed by atoms with E-state index in [9.17, 15) is 13.2 Å². The molecule has 2 heterocycles. The van der Waals surface area contributed by atoms with Crippen molar-refractivity contribution < 1.29 is 22.8 Å². The lowest BCUT2D eigenvalue weighted by Gasteiger charge is -2.22. The Labute approximate surface area is 303 Å². The number of nitrogens with one attached hydrogen (secondary N) is 1. The highest BCUT2D eigenvalue weighted by Crippen LogP contribution is 2.30. The minimum atomic E-state index is -2.94. The third kappa shape index (κ3) is 21.4. The maximum atomic E-state index is 11.1. The van der Waals surface area contributed by atoms with Gasteiger partial charge in [0, 0.05) is 19.1 Å². The first kappa shape index (κ1) is 48.4. The second kappa shape index (κ2) is 24.5. The van der Waals surface area contributed by atoms with E-state index in [1.807, 2.05) is 41.5 Å². The molecule has 1 saturated heterocycles. The number of hydrogen-bond donors (Lipinski definition) is 1. The van der Waals surface area contributed by atoms with Gasteiger partial charge in [-0.05, 0) is 90.4 Å². The number of oxime groups is 1. The van der Waals surface area contributed by atoms with Crippen molar-refractivity contribution in [2.45, 2.75) is 158 Å². The second-order valence-corrected chi connectivity index (χ2v) is 17.6. The quantitative estimate of drug-likeness (QED) is 0.116. The summed E-state index contributed by atoms with van der Waals surface area (Å²) in [7, 11) is -2.94. The summed E-state index contributed by atoms with van der Waals surface area (Å²) in [5.74, 6) is 0.778. The van der Waals surface area contributed by atoms with E-state index in [2.05, 4.69) is 67.5 Å². The normalized spacial score (nSPS) is 16.3. The number of rotatable bonds is 9. The summed E-state index contributed by atoms with van der Waals surface area (Å²) < 4.78 is 30.0. The van der Waals surface area contributed by atoms with Crippen LogP contribution in [0.25, 0.3) is 0 Å². The molecular formula is C36H69ClN4O5S2. The second-order valence-electron chi connectivity index (χ2n) is 14.3. The fourth-order valence-corrected chi connectivity index (χ4v) is 6.51. The number of aromatic nitrogens is 1. The molecule has 0 atom stereocenters. The van der Waals surface area contributed by atoms with Gasteiger partial charge < -0.3 is 14.5 Å². The van der Waals surface area contributed by atoms with Crippen LogP contribution in [0, 0.1) is 17.3 Å². The van der Waals surface area contributed by atoms with Crippen LogP contribution in [0.1, 0.15) is 140 Å². The van der Waals surface area contributed by atoms with Crippen molar-refractivity contribution in [3.05, 3.63) is 23.2 Å². The molecule has 2 saturated carbocycles. The molecule has 282 valence electrons. The van der Waals surface area contributed by atoms with Crippen molar-refractivity contribution in [3.8, 4) is 0 Å². The summed E-state index contributed by atoms with van der Waals surface area (Å²) in [6.07, 6.45) is 10.7. The van der Waals surface area contributed by atoms with Crippen molar-refractivity contribution in [2.24, 2.45) is 22.4 Å². The summed E-state index contributed by atoms with van der Waals surface area (Å²) in [6.45, 7) is 30.7. The van der Waals surface area contributed by atoms with Crippen LogP contribution < -0.4 is 9.62 Å². The SMILES string of the molecule is C.C=C.CC(C)C(=O)OC1CCCC1.CC(C)C(C)(C)C.CC(C)NS(=O)(=O)C1CC1.CC(C)O/N=C/c1sc(N2CCCC2)nc1Cl. The van der Waals surface area contributed by atoms with Crippen molar-refractivity contribution in [1.29, 1.82) is 0 Å². The molecule has 0 amide bonds. The Morgan fingerprint density at radius 1 is 1.00 bits per heavy atom. The number of carbonyl (C=O) groups is 1. The average molecular weight is 738 g/mol. The van der Waals surface area contributed by atoms with Gasteiger partial charge in [0.25, 0.3) is 0 Å². The van der Waals surface area contributed by atoms with Gasteiger partial charge in [-0.15, -0.1) is 13.2 Å². The highest BCUT2D eigenvalue weighted by Gasteiger charge is 2.35. The largest absolute Gasteiger partial charge is 0.462 e. The fraction of sp³-hybridized carbons (Fsp3) is 0.806. The van der Waals surface area contributed by atoms with Gasteiger partial charge in [-0.25, -0.2) is 18.1 Å². The van der Waals surface area contributed by atoms with Crippen LogP contribution in [0.4, 0.5) is 5.13 Å². The Morgan fingerprint density at radius 3 is 1.90 bits per heavy atom. The van der Waals surface area contributed by atoms with Gasteiger partial charge >= 0.3 is 5.97 Å². The van der Waals surface area contributed by atoms with Crippen molar-refractivity contribution in [3.63, 3.8) is 0 Å². The number of esters is 1. The highest BCUT2D eigenvalue weighted by atomic mass is 35.5. The Bertz CT molecular complexity index is 1130. The minimum absolute atomic E-state index is 0. The average Bonchev–Trinajstić information content (AvgIpc) is 3.30. The maximum Gasteiger partial charge on any atom is 0.308 e. The van der Waals surface area contributed by atoms with E-state index in [1.165, 1.54) is 25.7 Å². The maximum absolute atomic E-state index is 11.1. The van der Waals surface area contributed by atoms with Gasteiger partial charge in [-0.3, -0.25) is 4.79 Å². The Kier molecular flexibility index (Phi) is 24.7. The van der Waals surface area contributed by atoms with Crippen molar-refractivity contribution in [1.82, 2.24) is 9.71 Å². The Morgan fingerprint density at radius 2 is 1.50 bits per heavy atom. The first-order chi connectivity index (χ1) is 21.8. The van der Waals surface area contributed by atoms with Gasteiger partial charge in [0.05, 0.1) is 22.3 Å². The zero-order valence-electron chi connectivity index (χ0n) is 31.1. The Balaban J connectivity index is 0. The lowest BCUT2D eigenvalue weighted by molar-refractivity contribution is -0.152. The zero-order valence-corrected chi connectivity index (χ0v) is 33.5. The predicted molar refractivity (Wildman–Crippen MR) is 208 cm³/mol. The summed E-state index contributed by atoms with van der Waals surface area (Å²) in [5, 5.41) is 5.29. The first-order valence-corrected chi connectivity index (χ1v) is 19.9. The molecule has 0 spiro atoms. The van der Waals surface area contributed by atoms with Crippen molar-refractivity contribution >= 4 is 50.3 Å². The number of hydrogen-bond acceptors (Lipinski definition) is 9. The number of sulfonamides is 1. The summed E-state index contributed by atoms with van der Waals surface area (Å²) in [6, 6.07) is 0.0330. The molecule has 0 radical (unpaired) electrons. The number of anilines is 1. The molecule has 48 heavy (non-hydrogen) atoms. The molecule has 0 bridgehead atoms. The summed E-state index contributed by atoms with van der Waals surface area (Å²) in [4.78, 5) is 23.7. The predicted octanol–water partition coefficient (Wildman–Crippen LogP) is 9.89. The third-order valence-corrected chi connectivity index (χ3v) is 11.2. The van der Waals surface area contributed by atoms with Crippen LogP contribution in [0.3, 0.4) is 0 Å². The van der Waals surface area contributed by atoms with Crippen LogP contribution in [-0.2, 0) is 24.4 Å². The van der Waals surface area contributed by atoms with Gasteiger partial charge in [-0.1, -0.05) is 84.0 Å². The number of thiazole rings is 1. The van der Waals surface area contributed by atoms with E-state index in [0.717, 1.165) is 54.7 Å².